The lowest BCUT2D eigenvalue weighted by molar-refractivity contribution is -0.116. The van der Waals surface area contributed by atoms with Crippen molar-refractivity contribution in [1.82, 2.24) is 15.1 Å². The third-order valence-corrected chi connectivity index (χ3v) is 4.79. The molecule has 0 aliphatic carbocycles. The molecule has 0 aliphatic rings. The van der Waals surface area contributed by atoms with E-state index in [1.54, 1.807) is 0 Å². The van der Waals surface area contributed by atoms with E-state index in [4.69, 9.17) is 10.3 Å². The lowest BCUT2D eigenvalue weighted by Crippen LogP contribution is -2.12. The predicted molar refractivity (Wildman–Crippen MR) is 101 cm³/mol. The van der Waals surface area contributed by atoms with Crippen molar-refractivity contribution in [2.75, 3.05) is 5.32 Å². The maximum Gasteiger partial charge on any atom is 0.260 e. The van der Waals surface area contributed by atoms with Crippen LogP contribution in [0.2, 0.25) is 0 Å². The summed E-state index contributed by atoms with van der Waals surface area (Å²) >= 11 is 1.03. The fourth-order valence-electron chi connectivity index (χ4n) is 2.34. The molecule has 3 N–H and O–H groups in total. The molecule has 0 saturated heterocycles. The van der Waals surface area contributed by atoms with E-state index in [1.807, 2.05) is 24.3 Å². The summed E-state index contributed by atoms with van der Waals surface area (Å²) in [5.41, 5.74) is 7.26. The van der Waals surface area contributed by atoms with Crippen molar-refractivity contribution in [3.63, 3.8) is 0 Å². The number of aryl methyl sites for hydroxylation is 1. The minimum absolute atomic E-state index is 0.152. The maximum absolute atomic E-state index is 12.0. The van der Waals surface area contributed by atoms with Gasteiger partial charge in [-0.15, -0.1) is 0 Å². The van der Waals surface area contributed by atoms with Crippen molar-refractivity contribution >= 4 is 28.3 Å². The molecule has 140 valence electrons. The minimum atomic E-state index is -0.576. The van der Waals surface area contributed by atoms with E-state index in [0.29, 0.717) is 29.2 Å². The van der Waals surface area contributed by atoms with Gasteiger partial charge in [-0.05, 0) is 11.5 Å². The number of aromatic nitrogens is 3. The third-order valence-electron chi connectivity index (χ3n) is 3.86. The number of thiazole rings is 1. The van der Waals surface area contributed by atoms with Crippen molar-refractivity contribution < 1.29 is 14.1 Å². The van der Waals surface area contributed by atoms with Crippen LogP contribution in [0.5, 0.6) is 0 Å². The van der Waals surface area contributed by atoms with E-state index in [1.165, 1.54) is 11.8 Å². The molecule has 2 amide bonds. The number of hydrogen-bond donors (Lipinski definition) is 2. The first-order valence-electron chi connectivity index (χ1n) is 8.41. The number of carbonyl (C=O) groups is 2. The fraction of sp³-hybridized carbons (Fsp3) is 0.278. The molecule has 0 unspecified atom stereocenters. The van der Waals surface area contributed by atoms with Gasteiger partial charge in [0.2, 0.25) is 17.6 Å². The van der Waals surface area contributed by atoms with Crippen molar-refractivity contribution in [1.29, 1.82) is 0 Å². The van der Waals surface area contributed by atoms with Crippen LogP contribution < -0.4 is 11.1 Å². The molecule has 8 nitrogen and oxygen atoms in total. The van der Waals surface area contributed by atoms with E-state index in [2.05, 4.69) is 34.3 Å². The number of anilines is 1. The summed E-state index contributed by atoms with van der Waals surface area (Å²) in [6.07, 6.45) is 1.79. The van der Waals surface area contributed by atoms with Crippen molar-refractivity contribution in [2.24, 2.45) is 5.73 Å². The lowest BCUT2D eigenvalue weighted by atomic mass is 10.0. The number of carbonyl (C=O) groups excluding carboxylic acids is 2. The van der Waals surface area contributed by atoms with Crippen molar-refractivity contribution in [2.45, 2.75) is 32.6 Å². The summed E-state index contributed by atoms with van der Waals surface area (Å²) < 4.78 is 5.22. The van der Waals surface area contributed by atoms with Gasteiger partial charge in [0.25, 0.3) is 5.91 Å². The van der Waals surface area contributed by atoms with Crippen LogP contribution in [-0.4, -0.2) is 26.9 Å². The maximum atomic E-state index is 12.0. The molecule has 0 saturated carbocycles. The molecule has 3 aromatic rings. The number of nitrogens with two attached hydrogens (primary N) is 1. The largest absolute Gasteiger partial charge is 0.365 e. The Morgan fingerprint density at radius 2 is 2.00 bits per heavy atom. The van der Waals surface area contributed by atoms with Gasteiger partial charge in [-0.3, -0.25) is 9.59 Å². The van der Waals surface area contributed by atoms with Gasteiger partial charge in [-0.25, -0.2) is 4.98 Å². The molecule has 9 heteroatoms. The van der Waals surface area contributed by atoms with Gasteiger partial charge >= 0.3 is 0 Å². The second-order valence-electron chi connectivity index (χ2n) is 6.23. The quantitative estimate of drug-likeness (QED) is 0.644. The Balaban J connectivity index is 1.55. The number of nitrogens with one attached hydrogen (secondary N) is 1. The molecule has 0 bridgehead atoms. The Labute approximate surface area is 159 Å². The molecule has 0 spiro atoms. The summed E-state index contributed by atoms with van der Waals surface area (Å²) in [5.74, 6) is 0.487. The number of rotatable bonds is 7. The third kappa shape index (κ3) is 4.76. The fourth-order valence-corrected chi connectivity index (χ4v) is 3.02. The van der Waals surface area contributed by atoms with E-state index >= 15 is 0 Å². The first-order chi connectivity index (χ1) is 12.9. The zero-order valence-electron chi connectivity index (χ0n) is 14.9. The van der Waals surface area contributed by atoms with Gasteiger partial charge in [0, 0.05) is 18.4 Å². The SMILES string of the molecule is CC(C)c1ccc(-c2noc(CCC(=O)Nc3ncc(C(N)=O)s3)n2)cc1. The zero-order valence-corrected chi connectivity index (χ0v) is 15.7. The summed E-state index contributed by atoms with van der Waals surface area (Å²) in [4.78, 5) is 31.6. The Morgan fingerprint density at radius 1 is 1.26 bits per heavy atom. The van der Waals surface area contributed by atoms with E-state index < -0.39 is 5.91 Å². The van der Waals surface area contributed by atoms with Gasteiger partial charge in [0.05, 0.1) is 6.20 Å². The standard InChI is InChI=1S/C18H19N5O3S/c1-10(2)11-3-5-12(6-4-11)17-22-15(26-23-17)8-7-14(24)21-18-20-9-13(27-18)16(19)25/h3-6,9-10H,7-8H2,1-2H3,(H2,19,25)(H,20,21,24). The highest BCUT2D eigenvalue weighted by Gasteiger charge is 2.13. The summed E-state index contributed by atoms with van der Waals surface area (Å²) in [6.45, 7) is 4.26. The van der Waals surface area contributed by atoms with E-state index in [9.17, 15) is 9.59 Å². The van der Waals surface area contributed by atoms with Gasteiger partial charge in [0.1, 0.15) is 4.88 Å². The number of hydrogen-bond acceptors (Lipinski definition) is 7. The van der Waals surface area contributed by atoms with Crippen LogP contribution in [0.25, 0.3) is 11.4 Å². The Hall–Kier alpha value is -3.07. The van der Waals surface area contributed by atoms with Crippen LogP contribution in [0.1, 0.15) is 47.3 Å². The first-order valence-corrected chi connectivity index (χ1v) is 9.22. The number of amides is 2. The monoisotopic (exact) mass is 385 g/mol. The highest BCUT2D eigenvalue weighted by molar-refractivity contribution is 7.17. The van der Waals surface area contributed by atoms with Gasteiger partial charge < -0.3 is 15.6 Å². The van der Waals surface area contributed by atoms with Crippen LogP contribution in [0.15, 0.2) is 35.0 Å². The van der Waals surface area contributed by atoms with Crippen LogP contribution in [0.4, 0.5) is 5.13 Å². The molecule has 0 radical (unpaired) electrons. The van der Waals surface area contributed by atoms with Gasteiger partial charge in [-0.2, -0.15) is 4.98 Å². The smallest absolute Gasteiger partial charge is 0.260 e. The average Bonchev–Trinajstić information content (AvgIpc) is 3.29. The molecule has 1 aromatic carbocycles. The van der Waals surface area contributed by atoms with Crippen LogP contribution in [0.3, 0.4) is 0 Å². The molecular formula is C18H19N5O3S. The normalized spacial score (nSPS) is 10.9. The number of nitrogens with zero attached hydrogens (tertiary/aromatic N) is 3. The van der Waals surface area contributed by atoms with E-state index in [-0.39, 0.29) is 17.2 Å². The molecule has 0 fully saturated rings. The Bertz CT molecular complexity index is 946. The predicted octanol–water partition coefficient (Wildman–Crippen LogP) is 2.99. The van der Waals surface area contributed by atoms with E-state index in [0.717, 1.165) is 16.9 Å². The van der Waals surface area contributed by atoms with Crippen LogP contribution >= 0.6 is 11.3 Å². The van der Waals surface area contributed by atoms with Crippen LogP contribution in [-0.2, 0) is 11.2 Å². The highest BCUT2D eigenvalue weighted by Crippen LogP contribution is 2.21. The number of primary amides is 1. The van der Waals surface area contributed by atoms with Crippen molar-refractivity contribution in [3.05, 3.63) is 46.8 Å². The second-order valence-corrected chi connectivity index (χ2v) is 7.26. The zero-order chi connectivity index (χ0) is 19.4. The summed E-state index contributed by atoms with van der Waals surface area (Å²) in [5, 5.41) is 6.90. The molecule has 3 rings (SSSR count). The molecule has 0 atom stereocenters. The topological polar surface area (TPSA) is 124 Å². The van der Waals surface area contributed by atoms with Gasteiger partial charge in [-0.1, -0.05) is 54.6 Å². The molecule has 2 aromatic heterocycles. The van der Waals surface area contributed by atoms with Gasteiger partial charge in [0.15, 0.2) is 5.13 Å². The summed E-state index contributed by atoms with van der Waals surface area (Å²) in [7, 11) is 0. The molecule has 0 aliphatic heterocycles. The molecule has 27 heavy (non-hydrogen) atoms. The Morgan fingerprint density at radius 3 is 2.63 bits per heavy atom. The Kier molecular flexibility index (Phi) is 5.60. The first kappa shape index (κ1) is 18.7. The second kappa shape index (κ2) is 8.09. The minimum Gasteiger partial charge on any atom is -0.365 e. The van der Waals surface area contributed by atoms with Crippen LogP contribution in [0, 0.1) is 0 Å². The average molecular weight is 385 g/mol. The molecule has 2 heterocycles. The van der Waals surface area contributed by atoms with Crippen molar-refractivity contribution in [3.8, 4) is 11.4 Å². The lowest BCUT2D eigenvalue weighted by Gasteiger charge is -2.04. The highest BCUT2D eigenvalue weighted by atomic mass is 32.1. The summed E-state index contributed by atoms with van der Waals surface area (Å²) in [6, 6.07) is 7.99. The molecular weight excluding hydrogens is 366 g/mol. The number of benzene rings is 1.